The second-order valence-electron chi connectivity index (χ2n) is 19.3. The van der Waals surface area contributed by atoms with Crippen LogP contribution in [0.25, 0.3) is 133 Å². The molecule has 0 aliphatic carbocycles. The van der Waals surface area contributed by atoms with Crippen LogP contribution in [0.15, 0.2) is 279 Å². The third kappa shape index (κ3) is 7.57. The van der Waals surface area contributed by atoms with Gasteiger partial charge in [-0.05, 0) is 111 Å². The van der Waals surface area contributed by atoms with Crippen LogP contribution in [-0.4, -0.2) is 14.1 Å². The summed E-state index contributed by atoms with van der Waals surface area (Å²) in [5.74, 6) is 0. The van der Waals surface area contributed by atoms with Crippen molar-refractivity contribution in [1.82, 2.24) is 14.1 Å². The van der Waals surface area contributed by atoms with Crippen LogP contribution in [0, 0.1) is 11.3 Å². The number of nitriles is 1. The van der Waals surface area contributed by atoms with E-state index in [1.807, 2.05) is 12.1 Å². The highest BCUT2D eigenvalue weighted by Crippen LogP contribution is 2.45. The van der Waals surface area contributed by atoms with Crippen LogP contribution in [0.3, 0.4) is 0 Å². The second-order valence-corrected chi connectivity index (χ2v) is 19.3. The Hall–Kier alpha value is -10.3. The number of nitrogens with zero attached hydrogens (tertiary/aromatic N) is 4. The second kappa shape index (κ2) is 18.6. The molecule has 14 rings (SSSR count). The van der Waals surface area contributed by atoms with E-state index in [9.17, 15) is 5.26 Å². The molecule has 0 aliphatic heterocycles. The molecule has 4 nitrogen and oxygen atoms in total. The van der Waals surface area contributed by atoms with E-state index in [2.05, 4.69) is 282 Å². The maximum atomic E-state index is 11.6. The Labute approximate surface area is 440 Å². The first-order valence-electron chi connectivity index (χ1n) is 25.8. The van der Waals surface area contributed by atoms with E-state index in [0.717, 1.165) is 105 Å². The highest BCUT2D eigenvalue weighted by atomic mass is 15.0. The van der Waals surface area contributed by atoms with Crippen LogP contribution in [0.1, 0.15) is 5.56 Å². The Bertz CT molecular complexity index is 4510. The van der Waals surface area contributed by atoms with Gasteiger partial charge in [-0.25, -0.2) is 4.98 Å². The molecule has 3 heterocycles. The average Bonchev–Trinajstić information content (AvgIpc) is 4.02. The number of hydrogen-bond donors (Lipinski definition) is 0. The van der Waals surface area contributed by atoms with Crippen LogP contribution in [0.2, 0.25) is 0 Å². The monoisotopic (exact) mass is 966 g/mol. The molecular formula is C72H46N4. The fraction of sp³-hybridized carbons (Fsp3) is 0. The Morgan fingerprint density at radius 3 is 1.08 bits per heavy atom. The van der Waals surface area contributed by atoms with Crippen molar-refractivity contribution in [1.29, 1.82) is 5.26 Å². The van der Waals surface area contributed by atoms with Crippen molar-refractivity contribution in [2.45, 2.75) is 0 Å². The number of fused-ring (bicyclic) bond motifs is 6. The quantitative estimate of drug-likeness (QED) is 0.145. The molecule has 0 unspecified atom stereocenters. The van der Waals surface area contributed by atoms with Crippen LogP contribution < -0.4 is 0 Å². The molecular weight excluding hydrogens is 921 g/mol. The molecule has 0 saturated carbocycles. The van der Waals surface area contributed by atoms with E-state index in [1.54, 1.807) is 0 Å². The topological polar surface area (TPSA) is 46.5 Å². The Kier molecular flexibility index (Phi) is 10.9. The van der Waals surface area contributed by atoms with Crippen molar-refractivity contribution in [3.8, 4) is 95.6 Å². The highest BCUT2D eigenvalue weighted by molar-refractivity contribution is 6.13. The summed E-state index contributed by atoms with van der Waals surface area (Å²) in [5.41, 5.74) is 21.4. The molecule has 0 radical (unpaired) electrons. The predicted octanol–water partition coefficient (Wildman–Crippen LogP) is 18.8. The molecule has 0 aliphatic rings. The summed E-state index contributed by atoms with van der Waals surface area (Å²) in [6, 6.07) is 102. The lowest BCUT2D eigenvalue weighted by atomic mass is 9.93. The van der Waals surface area contributed by atoms with Crippen molar-refractivity contribution in [3.05, 3.63) is 285 Å². The Morgan fingerprint density at radius 2 is 0.632 bits per heavy atom. The molecule has 0 atom stereocenters. The predicted molar refractivity (Wildman–Crippen MR) is 316 cm³/mol. The number of para-hydroxylation sites is 2. The van der Waals surface area contributed by atoms with E-state index in [4.69, 9.17) is 4.98 Å². The lowest BCUT2D eigenvalue weighted by Gasteiger charge is -2.20. The largest absolute Gasteiger partial charge is 0.309 e. The fourth-order valence-electron chi connectivity index (χ4n) is 11.5. The fourth-order valence-corrected chi connectivity index (χ4v) is 11.5. The van der Waals surface area contributed by atoms with E-state index in [-0.39, 0.29) is 0 Å². The minimum Gasteiger partial charge on any atom is -0.309 e. The van der Waals surface area contributed by atoms with Gasteiger partial charge in [-0.3, -0.25) is 0 Å². The van der Waals surface area contributed by atoms with E-state index < -0.39 is 0 Å². The summed E-state index contributed by atoms with van der Waals surface area (Å²) in [6.45, 7) is 0. The van der Waals surface area contributed by atoms with E-state index in [0.29, 0.717) is 5.56 Å². The van der Waals surface area contributed by atoms with Crippen LogP contribution in [0.5, 0.6) is 0 Å². The van der Waals surface area contributed by atoms with Crippen LogP contribution in [-0.2, 0) is 0 Å². The van der Waals surface area contributed by atoms with Gasteiger partial charge in [0.25, 0.3) is 0 Å². The van der Waals surface area contributed by atoms with Gasteiger partial charge in [0.15, 0.2) is 0 Å². The molecule has 0 N–H and O–H groups in total. The van der Waals surface area contributed by atoms with Crippen molar-refractivity contribution < 1.29 is 0 Å². The van der Waals surface area contributed by atoms with Crippen molar-refractivity contribution in [2.75, 3.05) is 0 Å². The summed E-state index contributed by atoms with van der Waals surface area (Å²) in [4.78, 5) is 5.34. The van der Waals surface area contributed by atoms with Gasteiger partial charge in [-0.1, -0.05) is 218 Å². The van der Waals surface area contributed by atoms with Gasteiger partial charge in [0.05, 0.1) is 50.4 Å². The van der Waals surface area contributed by atoms with Gasteiger partial charge in [0, 0.05) is 38.2 Å². The zero-order valence-corrected chi connectivity index (χ0v) is 41.3. The number of pyridine rings is 1. The molecule has 0 amide bonds. The Morgan fingerprint density at radius 1 is 0.263 bits per heavy atom. The zero-order chi connectivity index (χ0) is 50.5. The molecule has 0 bridgehead atoms. The van der Waals surface area contributed by atoms with Gasteiger partial charge in [-0.2, -0.15) is 5.26 Å². The third-order valence-electron chi connectivity index (χ3n) is 15.0. The lowest BCUT2D eigenvalue weighted by Crippen LogP contribution is -2.04. The first-order chi connectivity index (χ1) is 37.7. The highest BCUT2D eigenvalue weighted by Gasteiger charge is 2.24. The molecule has 0 fully saturated rings. The molecule has 3 aromatic heterocycles. The smallest absolute Gasteiger partial charge is 0.101 e. The molecule has 0 spiro atoms. The lowest BCUT2D eigenvalue weighted by molar-refractivity contribution is 1.13. The van der Waals surface area contributed by atoms with Crippen molar-refractivity contribution in [3.63, 3.8) is 0 Å². The van der Waals surface area contributed by atoms with E-state index >= 15 is 0 Å². The maximum absolute atomic E-state index is 11.6. The minimum atomic E-state index is 0.555. The van der Waals surface area contributed by atoms with Gasteiger partial charge in [0.1, 0.15) is 6.07 Å². The number of aromatic nitrogens is 3. The summed E-state index contributed by atoms with van der Waals surface area (Å²) in [5, 5.41) is 16.1. The maximum Gasteiger partial charge on any atom is 0.101 e. The summed E-state index contributed by atoms with van der Waals surface area (Å²) in [6.07, 6.45) is 0. The number of rotatable bonds is 9. The molecule has 354 valence electrons. The number of hydrogen-bond acceptors (Lipinski definition) is 2. The Balaban J connectivity index is 1.04. The van der Waals surface area contributed by atoms with Gasteiger partial charge >= 0.3 is 0 Å². The van der Waals surface area contributed by atoms with Gasteiger partial charge < -0.3 is 9.13 Å². The third-order valence-corrected chi connectivity index (χ3v) is 15.0. The average molecular weight is 967 g/mol. The first-order valence-corrected chi connectivity index (χ1v) is 25.8. The molecule has 76 heavy (non-hydrogen) atoms. The molecule has 14 aromatic rings. The molecule has 0 saturated heterocycles. The summed E-state index contributed by atoms with van der Waals surface area (Å²) >= 11 is 0. The number of benzene rings is 11. The SMILES string of the molecule is N#Cc1cc(-n2c3ccccc3c3cc(-c4ccccc4-c4ccccc4)ccc32)c(-c2cc(-c3ccccc3)nc(-c3ccccc3)c2)cc1-n1c2ccccc2c2cc(-c3ccccc3-c3ccccc3)ccc21. The van der Waals surface area contributed by atoms with Crippen LogP contribution >= 0.6 is 0 Å². The zero-order valence-electron chi connectivity index (χ0n) is 41.3. The minimum absolute atomic E-state index is 0.555. The molecule has 11 aromatic carbocycles. The molecule has 4 heteroatoms. The first kappa shape index (κ1) is 44.4. The normalized spacial score (nSPS) is 11.4. The summed E-state index contributed by atoms with van der Waals surface area (Å²) < 4.78 is 4.66. The van der Waals surface area contributed by atoms with Gasteiger partial charge in [0.2, 0.25) is 0 Å². The van der Waals surface area contributed by atoms with Gasteiger partial charge in [-0.15, -0.1) is 0 Å². The van der Waals surface area contributed by atoms with E-state index in [1.165, 1.54) is 27.8 Å². The standard InChI is InChI=1S/C72H46N4/c73-47-55-45-72(76-68-36-20-18-34-61(68)64-42-53(38-40-70(64)76)59-32-16-14-30-57(59)49-23-7-2-8-24-49)62(54-43-65(50-25-9-3-10-26-50)74-66(44-54)51-27-11-4-12-28-51)46-71(55)75-67-35-19-17-33-60(67)63-41-52(37-39-69(63)75)58-31-15-13-29-56(58)48-21-5-1-6-22-48/h1-46H. The van der Waals surface area contributed by atoms with Crippen molar-refractivity contribution in [2.24, 2.45) is 0 Å². The summed E-state index contributed by atoms with van der Waals surface area (Å²) in [7, 11) is 0. The van der Waals surface area contributed by atoms with Crippen LogP contribution in [0.4, 0.5) is 0 Å². The van der Waals surface area contributed by atoms with Crippen molar-refractivity contribution >= 4 is 43.6 Å².